The zero-order valence-corrected chi connectivity index (χ0v) is 7.17. The van der Waals surface area contributed by atoms with Crippen molar-refractivity contribution in [3.63, 3.8) is 0 Å². The molecule has 1 saturated heterocycles. The van der Waals surface area contributed by atoms with Gasteiger partial charge in [-0.2, -0.15) is 0 Å². The summed E-state index contributed by atoms with van der Waals surface area (Å²) in [5.74, 6) is 0. The molecule has 3 N–H and O–H groups in total. The van der Waals surface area contributed by atoms with Crippen molar-refractivity contribution < 1.29 is 24.8 Å². The number of aliphatic hydroxyl groups excluding tert-OH is 3. The molecule has 1 aliphatic heterocycles. The lowest BCUT2D eigenvalue weighted by Gasteiger charge is -2.13. The van der Waals surface area contributed by atoms with Crippen molar-refractivity contribution in [1.29, 1.82) is 0 Å². The molecule has 0 aromatic heterocycles. The van der Waals surface area contributed by atoms with Crippen LogP contribution >= 0.6 is 0 Å². The summed E-state index contributed by atoms with van der Waals surface area (Å²) in [7, 11) is 0. The molecule has 1 rings (SSSR count). The van der Waals surface area contributed by atoms with Gasteiger partial charge in [0, 0.05) is 0 Å². The lowest BCUT2D eigenvalue weighted by Crippen LogP contribution is -2.34. The fourth-order valence-electron chi connectivity index (χ4n) is 1.17. The average Bonchev–Trinajstić information content (AvgIpc) is 2.41. The summed E-state index contributed by atoms with van der Waals surface area (Å²) < 4.78 is 10.0. The van der Waals surface area contributed by atoms with Crippen LogP contribution in [0.15, 0.2) is 12.7 Å². The molecule has 1 aliphatic rings. The molecule has 5 heteroatoms. The molecule has 1 fully saturated rings. The molecular formula is C8H14O5. The highest BCUT2D eigenvalue weighted by Crippen LogP contribution is 2.21. The Balaban J connectivity index is 2.45. The third kappa shape index (κ3) is 2.26. The van der Waals surface area contributed by atoms with E-state index in [-0.39, 0.29) is 13.2 Å². The molecule has 13 heavy (non-hydrogen) atoms. The van der Waals surface area contributed by atoms with Crippen LogP contribution in [0.4, 0.5) is 0 Å². The maximum absolute atomic E-state index is 9.34. The molecule has 0 amide bonds. The van der Waals surface area contributed by atoms with E-state index in [1.54, 1.807) is 0 Å². The van der Waals surface area contributed by atoms with Crippen LogP contribution in [0.25, 0.3) is 0 Å². The van der Waals surface area contributed by atoms with Crippen LogP contribution in [0.2, 0.25) is 0 Å². The van der Waals surface area contributed by atoms with Crippen molar-refractivity contribution in [2.45, 2.75) is 24.6 Å². The molecule has 0 saturated carbocycles. The number of hydrogen-bond donors (Lipinski definition) is 3. The van der Waals surface area contributed by atoms with Gasteiger partial charge in [-0.25, -0.2) is 0 Å². The molecule has 0 spiro atoms. The van der Waals surface area contributed by atoms with Gasteiger partial charge in [-0.15, -0.1) is 6.58 Å². The molecule has 0 aromatic rings. The Bertz CT molecular complexity index is 172. The highest BCUT2D eigenvalue weighted by atomic mass is 16.7. The first-order chi connectivity index (χ1) is 6.20. The Morgan fingerprint density at radius 2 is 2.08 bits per heavy atom. The van der Waals surface area contributed by atoms with E-state index in [0.29, 0.717) is 0 Å². The van der Waals surface area contributed by atoms with E-state index in [2.05, 4.69) is 6.58 Å². The van der Waals surface area contributed by atoms with Crippen LogP contribution in [-0.4, -0.2) is 53.1 Å². The average molecular weight is 190 g/mol. The summed E-state index contributed by atoms with van der Waals surface area (Å²) in [6, 6.07) is 0. The van der Waals surface area contributed by atoms with E-state index < -0.39 is 24.6 Å². The summed E-state index contributed by atoms with van der Waals surface area (Å²) in [5.41, 5.74) is 0. The van der Waals surface area contributed by atoms with E-state index in [9.17, 15) is 10.2 Å². The van der Waals surface area contributed by atoms with E-state index in [4.69, 9.17) is 14.6 Å². The van der Waals surface area contributed by atoms with Crippen LogP contribution < -0.4 is 0 Å². The van der Waals surface area contributed by atoms with Crippen molar-refractivity contribution >= 4 is 0 Å². The molecule has 0 aromatic carbocycles. The van der Waals surface area contributed by atoms with E-state index in [1.165, 1.54) is 6.08 Å². The Morgan fingerprint density at radius 3 is 2.54 bits per heavy atom. The molecule has 1 heterocycles. The van der Waals surface area contributed by atoms with Gasteiger partial charge in [-0.05, 0) is 0 Å². The minimum atomic E-state index is -1.11. The summed E-state index contributed by atoms with van der Waals surface area (Å²) in [6.45, 7) is 3.32. The van der Waals surface area contributed by atoms with Crippen molar-refractivity contribution in [2.75, 3.05) is 13.2 Å². The molecule has 0 unspecified atom stereocenters. The fourth-order valence-corrected chi connectivity index (χ4v) is 1.17. The summed E-state index contributed by atoms with van der Waals surface area (Å²) in [4.78, 5) is 0. The Kier molecular flexibility index (Phi) is 3.83. The van der Waals surface area contributed by atoms with Gasteiger partial charge in [-0.3, -0.25) is 0 Å². The van der Waals surface area contributed by atoms with Gasteiger partial charge in [0.25, 0.3) is 0 Å². The maximum Gasteiger partial charge on any atom is 0.187 e. The SMILES string of the molecule is C=CCO[C@@H]1O[C@H](CO)[C@H](O)[C@@H]1O. The minimum Gasteiger partial charge on any atom is -0.394 e. The molecule has 5 nitrogen and oxygen atoms in total. The standard InChI is InChI=1S/C8H14O5/c1-2-3-12-8-7(11)6(10)5(4-9)13-8/h2,5-11H,1,3-4H2/t5-,6+,7+,8-/m1/s1. The number of aliphatic hydroxyl groups is 3. The quantitative estimate of drug-likeness (QED) is 0.476. The third-order valence-electron chi connectivity index (χ3n) is 1.88. The first-order valence-corrected chi connectivity index (χ1v) is 4.05. The topological polar surface area (TPSA) is 79.2 Å². The van der Waals surface area contributed by atoms with Gasteiger partial charge in [0.15, 0.2) is 6.29 Å². The minimum absolute atomic E-state index is 0.229. The van der Waals surface area contributed by atoms with Crippen molar-refractivity contribution in [2.24, 2.45) is 0 Å². The summed E-state index contributed by atoms with van der Waals surface area (Å²) in [5, 5.41) is 27.4. The predicted octanol–water partition coefficient (Wildman–Crippen LogP) is -1.37. The Labute approximate surface area is 76.2 Å². The van der Waals surface area contributed by atoms with E-state index in [0.717, 1.165) is 0 Å². The second-order valence-electron chi connectivity index (χ2n) is 2.83. The summed E-state index contributed by atoms with van der Waals surface area (Å²) in [6.07, 6.45) is -2.36. The smallest absolute Gasteiger partial charge is 0.187 e. The zero-order chi connectivity index (χ0) is 9.84. The number of rotatable bonds is 4. The highest BCUT2D eigenvalue weighted by Gasteiger charge is 2.42. The van der Waals surface area contributed by atoms with Crippen molar-refractivity contribution in [1.82, 2.24) is 0 Å². The molecule has 0 radical (unpaired) electrons. The summed E-state index contributed by atoms with van der Waals surface area (Å²) >= 11 is 0. The van der Waals surface area contributed by atoms with Gasteiger partial charge >= 0.3 is 0 Å². The van der Waals surface area contributed by atoms with Crippen LogP contribution in [-0.2, 0) is 9.47 Å². The largest absolute Gasteiger partial charge is 0.394 e. The van der Waals surface area contributed by atoms with Crippen LogP contribution in [0.3, 0.4) is 0 Å². The third-order valence-corrected chi connectivity index (χ3v) is 1.88. The zero-order valence-electron chi connectivity index (χ0n) is 7.17. The normalized spacial score (nSPS) is 39.3. The highest BCUT2D eigenvalue weighted by molar-refractivity contribution is 4.86. The van der Waals surface area contributed by atoms with Gasteiger partial charge < -0.3 is 24.8 Å². The lowest BCUT2D eigenvalue weighted by molar-refractivity contribution is -0.162. The van der Waals surface area contributed by atoms with Crippen LogP contribution in [0.5, 0.6) is 0 Å². The number of ether oxygens (including phenoxy) is 2. The van der Waals surface area contributed by atoms with Crippen LogP contribution in [0.1, 0.15) is 0 Å². The van der Waals surface area contributed by atoms with Crippen molar-refractivity contribution in [3.05, 3.63) is 12.7 Å². The second kappa shape index (κ2) is 4.69. The lowest BCUT2D eigenvalue weighted by atomic mass is 10.1. The first kappa shape index (κ1) is 10.6. The molecule has 76 valence electrons. The second-order valence-corrected chi connectivity index (χ2v) is 2.83. The van der Waals surface area contributed by atoms with Gasteiger partial charge in [-0.1, -0.05) is 6.08 Å². The molecule has 4 atom stereocenters. The van der Waals surface area contributed by atoms with Gasteiger partial charge in [0.2, 0.25) is 0 Å². The van der Waals surface area contributed by atoms with Crippen LogP contribution in [0, 0.1) is 0 Å². The van der Waals surface area contributed by atoms with E-state index in [1.807, 2.05) is 0 Å². The Morgan fingerprint density at radius 1 is 1.38 bits per heavy atom. The fraction of sp³-hybridized carbons (Fsp3) is 0.750. The molecular weight excluding hydrogens is 176 g/mol. The maximum atomic E-state index is 9.34. The molecule has 0 aliphatic carbocycles. The van der Waals surface area contributed by atoms with Gasteiger partial charge in [0.05, 0.1) is 13.2 Å². The van der Waals surface area contributed by atoms with Gasteiger partial charge in [0.1, 0.15) is 18.3 Å². The Hall–Kier alpha value is -0.460. The molecule has 0 bridgehead atoms. The number of hydrogen-bond acceptors (Lipinski definition) is 5. The van der Waals surface area contributed by atoms with E-state index >= 15 is 0 Å². The monoisotopic (exact) mass is 190 g/mol. The predicted molar refractivity (Wildman–Crippen MR) is 43.9 cm³/mol. The van der Waals surface area contributed by atoms with Crippen molar-refractivity contribution in [3.8, 4) is 0 Å². The first-order valence-electron chi connectivity index (χ1n) is 4.05.